The van der Waals surface area contributed by atoms with Gasteiger partial charge in [-0.05, 0) is 31.0 Å². The summed E-state index contributed by atoms with van der Waals surface area (Å²) in [6.07, 6.45) is 0.805. The second-order valence-corrected chi connectivity index (χ2v) is 4.68. The number of benzene rings is 1. The Hall–Kier alpha value is -2.24. The van der Waals surface area contributed by atoms with Crippen LogP contribution in [0.5, 0.6) is 11.5 Å². The van der Waals surface area contributed by atoms with Gasteiger partial charge in [-0.2, -0.15) is 0 Å². The lowest BCUT2D eigenvalue weighted by Gasteiger charge is -2.26. The summed E-state index contributed by atoms with van der Waals surface area (Å²) in [6.45, 7) is 3.53. The van der Waals surface area contributed by atoms with Crippen molar-refractivity contribution in [3.05, 3.63) is 23.8 Å². The van der Waals surface area contributed by atoms with Crippen molar-refractivity contribution >= 4 is 11.9 Å². The van der Waals surface area contributed by atoms with Crippen LogP contribution in [-0.2, 0) is 4.79 Å². The van der Waals surface area contributed by atoms with Crippen LogP contribution in [-0.4, -0.2) is 33.7 Å². The van der Waals surface area contributed by atoms with Gasteiger partial charge in [0.25, 0.3) is 5.91 Å². The number of carbonyl (C=O) groups is 2. The summed E-state index contributed by atoms with van der Waals surface area (Å²) < 4.78 is 0. The van der Waals surface area contributed by atoms with Gasteiger partial charge in [0.2, 0.25) is 0 Å². The maximum absolute atomic E-state index is 11.9. The molecule has 0 aliphatic heterocycles. The molecule has 0 heterocycles. The monoisotopic (exact) mass is 281 g/mol. The average Bonchev–Trinajstić information content (AvgIpc) is 2.43. The van der Waals surface area contributed by atoms with Gasteiger partial charge >= 0.3 is 5.97 Å². The fraction of sp³-hybridized carbons (Fsp3) is 0.429. The first-order valence-electron chi connectivity index (χ1n) is 6.40. The van der Waals surface area contributed by atoms with Crippen molar-refractivity contribution in [2.24, 2.45) is 5.41 Å². The molecule has 1 amide bonds. The molecule has 0 saturated carbocycles. The number of aliphatic carboxylic acids is 1. The van der Waals surface area contributed by atoms with E-state index in [0.29, 0.717) is 12.8 Å². The van der Waals surface area contributed by atoms with Crippen LogP contribution in [0, 0.1) is 5.41 Å². The molecular formula is C14H19NO5. The van der Waals surface area contributed by atoms with Crippen molar-refractivity contribution in [2.45, 2.75) is 26.7 Å². The molecule has 4 N–H and O–H groups in total. The van der Waals surface area contributed by atoms with E-state index in [1.54, 1.807) is 13.8 Å². The first-order valence-corrected chi connectivity index (χ1v) is 6.40. The van der Waals surface area contributed by atoms with Gasteiger partial charge in [-0.3, -0.25) is 9.59 Å². The number of carbonyl (C=O) groups excluding carboxylic acids is 1. The third kappa shape index (κ3) is 3.20. The normalized spacial score (nSPS) is 11.1. The van der Waals surface area contributed by atoms with Gasteiger partial charge in [0.15, 0.2) is 11.5 Å². The molecule has 1 aromatic rings. The standard InChI is InChI=1S/C14H19NO5/c1-3-14(4-2,13(19)20)8-15-12(18)9-5-6-10(16)11(17)7-9/h5-7,16-17H,3-4,8H2,1-2H3,(H,15,18)(H,19,20). The first kappa shape index (κ1) is 15.8. The number of carboxylic acid groups (broad SMARTS) is 1. The van der Waals surface area contributed by atoms with E-state index in [9.17, 15) is 24.9 Å². The van der Waals surface area contributed by atoms with Crippen LogP contribution >= 0.6 is 0 Å². The second kappa shape index (κ2) is 6.27. The minimum Gasteiger partial charge on any atom is -0.504 e. The molecule has 0 spiro atoms. The molecule has 0 unspecified atom stereocenters. The molecule has 6 nitrogen and oxygen atoms in total. The number of aromatic hydroxyl groups is 2. The van der Waals surface area contributed by atoms with E-state index in [0.717, 1.165) is 6.07 Å². The molecule has 0 aromatic heterocycles. The molecule has 0 radical (unpaired) electrons. The Balaban J connectivity index is 2.80. The maximum atomic E-state index is 11.9. The lowest BCUT2D eigenvalue weighted by atomic mass is 9.82. The topological polar surface area (TPSA) is 107 Å². The summed E-state index contributed by atoms with van der Waals surface area (Å²) >= 11 is 0. The molecule has 0 saturated heterocycles. The summed E-state index contributed by atoms with van der Waals surface area (Å²) in [4.78, 5) is 23.2. The zero-order valence-corrected chi connectivity index (χ0v) is 11.5. The fourth-order valence-electron chi connectivity index (χ4n) is 1.89. The molecule has 0 aliphatic carbocycles. The number of nitrogens with one attached hydrogen (secondary N) is 1. The minimum atomic E-state index is -0.991. The van der Waals surface area contributed by atoms with Gasteiger partial charge in [-0.25, -0.2) is 0 Å². The Labute approximate surface area is 117 Å². The van der Waals surface area contributed by atoms with Crippen molar-refractivity contribution < 1.29 is 24.9 Å². The maximum Gasteiger partial charge on any atom is 0.311 e. The van der Waals surface area contributed by atoms with Gasteiger partial charge in [-0.1, -0.05) is 13.8 Å². The molecule has 1 aromatic carbocycles. The predicted molar refractivity (Wildman–Crippen MR) is 72.8 cm³/mol. The highest BCUT2D eigenvalue weighted by Gasteiger charge is 2.35. The van der Waals surface area contributed by atoms with E-state index < -0.39 is 23.0 Å². The predicted octanol–water partition coefficient (Wildman–Crippen LogP) is 1.72. The molecule has 0 fully saturated rings. The van der Waals surface area contributed by atoms with Crippen LogP contribution in [0.1, 0.15) is 37.0 Å². The van der Waals surface area contributed by atoms with Gasteiger partial charge in [0, 0.05) is 12.1 Å². The van der Waals surface area contributed by atoms with Gasteiger partial charge in [0.1, 0.15) is 0 Å². The quantitative estimate of drug-likeness (QED) is 0.594. The highest BCUT2D eigenvalue weighted by molar-refractivity contribution is 5.95. The Bertz CT molecular complexity index is 508. The number of hydrogen-bond acceptors (Lipinski definition) is 4. The first-order chi connectivity index (χ1) is 9.36. The smallest absolute Gasteiger partial charge is 0.311 e. The third-order valence-electron chi connectivity index (χ3n) is 3.63. The Kier molecular flexibility index (Phi) is 4.96. The number of hydrogen-bond donors (Lipinski definition) is 4. The molecule has 20 heavy (non-hydrogen) atoms. The molecule has 0 aliphatic rings. The highest BCUT2D eigenvalue weighted by Crippen LogP contribution is 2.27. The lowest BCUT2D eigenvalue weighted by molar-refractivity contribution is -0.149. The lowest BCUT2D eigenvalue weighted by Crippen LogP contribution is -2.42. The zero-order chi connectivity index (χ0) is 15.3. The van der Waals surface area contributed by atoms with Gasteiger partial charge in [0.05, 0.1) is 5.41 Å². The Morgan fingerprint density at radius 2 is 1.75 bits per heavy atom. The number of carboxylic acids is 1. The summed E-state index contributed by atoms with van der Waals surface area (Å²) in [5.74, 6) is -2.15. The van der Waals surface area contributed by atoms with Crippen molar-refractivity contribution in [3.63, 3.8) is 0 Å². The van der Waals surface area contributed by atoms with Gasteiger partial charge in [-0.15, -0.1) is 0 Å². The average molecular weight is 281 g/mol. The van der Waals surface area contributed by atoms with Crippen LogP contribution in [0.3, 0.4) is 0 Å². The highest BCUT2D eigenvalue weighted by atomic mass is 16.4. The molecule has 0 bridgehead atoms. The minimum absolute atomic E-state index is 0.00973. The van der Waals surface area contributed by atoms with Crippen LogP contribution in [0.15, 0.2) is 18.2 Å². The SMILES string of the molecule is CCC(CC)(CNC(=O)c1ccc(O)c(O)c1)C(=O)O. The number of rotatable bonds is 6. The summed E-state index contributed by atoms with van der Waals surface area (Å²) in [6, 6.07) is 3.68. The summed E-state index contributed by atoms with van der Waals surface area (Å²) in [7, 11) is 0. The van der Waals surface area contributed by atoms with E-state index in [2.05, 4.69) is 5.32 Å². The molecular weight excluding hydrogens is 262 g/mol. The molecule has 6 heteroatoms. The van der Waals surface area contributed by atoms with Crippen molar-refractivity contribution in [3.8, 4) is 11.5 Å². The third-order valence-corrected chi connectivity index (χ3v) is 3.63. The number of phenols is 2. The van der Waals surface area contributed by atoms with Crippen molar-refractivity contribution in [1.82, 2.24) is 5.32 Å². The van der Waals surface area contributed by atoms with Crippen molar-refractivity contribution in [1.29, 1.82) is 0 Å². The molecule has 0 atom stereocenters. The van der Waals surface area contributed by atoms with Gasteiger partial charge < -0.3 is 20.6 Å². The molecule has 110 valence electrons. The van der Waals surface area contributed by atoms with Crippen LogP contribution in [0.4, 0.5) is 0 Å². The van der Waals surface area contributed by atoms with E-state index in [-0.39, 0.29) is 17.9 Å². The van der Waals surface area contributed by atoms with Crippen LogP contribution in [0.2, 0.25) is 0 Å². The second-order valence-electron chi connectivity index (χ2n) is 4.68. The summed E-state index contributed by atoms with van der Waals surface area (Å²) in [5, 5.41) is 30.3. The van der Waals surface area contributed by atoms with E-state index >= 15 is 0 Å². The van der Waals surface area contributed by atoms with E-state index in [1.807, 2.05) is 0 Å². The largest absolute Gasteiger partial charge is 0.504 e. The van der Waals surface area contributed by atoms with Crippen LogP contribution < -0.4 is 5.32 Å². The Morgan fingerprint density at radius 1 is 1.15 bits per heavy atom. The zero-order valence-electron chi connectivity index (χ0n) is 11.5. The fourth-order valence-corrected chi connectivity index (χ4v) is 1.89. The molecule has 1 rings (SSSR count). The summed E-state index contributed by atoms with van der Waals surface area (Å²) in [5.41, 5.74) is -0.832. The Morgan fingerprint density at radius 3 is 2.20 bits per heavy atom. The number of amides is 1. The van der Waals surface area contributed by atoms with Crippen LogP contribution in [0.25, 0.3) is 0 Å². The van der Waals surface area contributed by atoms with Crippen molar-refractivity contribution in [2.75, 3.05) is 6.54 Å². The van der Waals surface area contributed by atoms with E-state index in [4.69, 9.17) is 0 Å². The van der Waals surface area contributed by atoms with E-state index in [1.165, 1.54) is 12.1 Å². The number of phenolic OH excluding ortho intramolecular Hbond substituents is 2.